The van der Waals surface area contributed by atoms with Crippen molar-refractivity contribution in [3.63, 3.8) is 0 Å². The molecular formula is C19H19N3O2. The summed E-state index contributed by atoms with van der Waals surface area (Å²) in [4.78, 5) is 17.2. The van der Waals surface area contributed by atoms with Gasteiger partial charge in [0.05, 0.1) is 12.5 Å². The third kappa shape index (κ3) is 2.47. The molecule has 0 spiro atoms. The monoisotopic (exact) mass is 321 g/mol. The lowest BCUT2D eigenvalue weighted by molar-refractivity contribution is -0.929. The molecule has 0 saturated carbocycles. The highest BCUT2D eigenvalue weighted by Crippen LogP contribution is 2.16. The third-order valence-corrected chi connectivity index (χ3v) is 4.85. The Labute approximate surface area is 140 Å². The Balaban J connectivity index is 1.72. The maximum atomic E-state index is 11.5. The number of pyridine rings is 1. The molecule has 4 rings (SSSR count). The number of fused-ring (bicyclic) bond motifs is 2. The Morgan fingerprint density at radius 3 is 2.79 bits per heavy atom. The molecule has 2 aromatic heterocycles. The highest BCUT2D eigenvalue weighted by atomic mass is 16.4. The van der Waals surface area contributed by atoms with Crippen molar-refractivity contribution in [1.29, 1.82) is 0 Å². The van der Waals surface area contributed by atoms with E-state index < -0.39 is 5.97 Å². The van der Waals surface area contributed by atoms with Crippen LogP contribution in [0, 0.1) is 6.92 Å². The molecule has 1 N–H and O–H groups in total. The van der Waals surface area contributed by atoms with Crippen LogP contribution in [0.1, 0.15) is 33.0 Å². The normalized spacial score (nSPS) is 17.0. The second kappa shape index (κ2) is 5.76. The Morgan fingerprint density at radius 2 is 2.00 bits per heavy atom. The van der Waals surface area contributed by atoms with Gasteiger partial charge in [0.25, 0.3) is 0 Å². The van der Waals surface area contributed by atoms with Crippen molar-refractivity contribution in [3.05, 3.63) is 70.7 Å². The number of benzene rings is 1. The van der Waals surface area contributed by atoms with Crippen molar-refractivity contribution in [2.24, 2.45) is 0 Å². The lowest BCUT2D eigenvalue weighted by Gasteiger charge is -2.26. The topological polar surface area (TPSA) is 61.9 Å². The maximum absolute atomic E-state index is 11.5. The number of carbonyl (C=O) groups is 1. The van der Waals surface area contributed by atoms with E-state index in [-0.39, 0.29) is 5.69 Å². The number of nitrogens with one attached hydrogen (secondary N) is 1. The van der Waals surface area contributed by atoms with Crippen LogP contribution in [-0.4, -0.2) is 21.9 Å². The summed E-state index contributed by atoms with van der Waals surface area (Å²) in [5.74, 6) is -1.20. The van der Waals surface area contributed by atoms with Gasteiger partial charge in [-0.2, -0.15) is 0 Å². The average Bonchev–Trinajstić information content (AvgIpc) is 2.95. The molecule has 1 aromatic carbocycles. The fraction of sp³-hybridized carbons (Fsp3) is 0.263. The Hall–Kier alpha value is -2.66. The number of carboxylic acid groups (broad SMARTS) is 1. The van der Waals surface area contributed by atoms with Crippen molar-refractivity contribution in [2.45, 2.75) is 26.4 Å². The van der Waals surface area contributed by atoms with E-state index in [0.29, 0.717) is 12.2 Å². The summed E-state index contributed by atoms with van der Waals surface area (Å²) in [6.07, 6.45) is 1.02. The molecule has 24 heavy (non-hydrogen) atoms. The maximum Gasteiger partial charge on any atom is 0.138 e. The summed E-state index contributed by atoms with van der Waals surface area (Å²) in [6.45, 7) is 4.49. The number of hydrogen-bond donors (Lipinski definition) is 1. The number of aryl methyl sites for hydroxylation is 1. The van der Waals surface area contributed by atoms with Crippen molar-refractivity contribution >= 4 is 11.6 Å². The molecule has 1 aliphatic heterocycles. The SMILES string of the molecule is Cc1cccc2nc(C(=O)[O-])c(C[NH+]3CCc4ccccc4C3)n12. The quantitative estimate of drug-likeness (QED) is 0.747. The zero-order valence-corrected chi connectivity index (χ0v) is 13.6. The average molecular weight is 321 g/mol. The number of carboxylic acids is 1. The largest absolute Gasteiger partial charge is 0.543 e. The Kier molecular flexibility index (Phi) is 3.58. The molecule has 1 unspecified atom stereocenters. The molecule has 3 aromatic rings. The van der Waals surface area contributed by atoms with Gasteiger partial charge in [-0.3, -0.25) is 4.40 Å². The molecule has 1 atom stereocenters. The number of rotatable bonds is 3. The minimum atomic E-state index is -1.20. The number of quaternary nitrogens is 1. The van der Waals surface area contributed by atoms with E-state index in [1.54, 1.807) is 0 Å². The van der Waals surface area contributed by atoms with Gasteiger partial charge in [-0.25, -0.2) is 4.98 Å². The van der Waals surface area contributed by atoms with Crippen molar-refractivity contribution in [2.75, 3.05) is 6.54 Å². The van der Waals surface area contributed by atoms with Crippen LogP contribution in [0.25, 0.3) is 5.65 Å². The molecule has 0 saturated heterocycles. The van der Waals surface area contributed by atoms with Crippen LogP contribution < -0.4 is 10.0 Å². The number of aromatic carboxylic acids is 1. The summed E-state index contributed by atoms with van der Waals surface area (Å²) in [7, 11) is 0. The summed E-state index contributed by atoms with van der Waals surface area (Å²) >= 11 is 0. The van der Waals surface area contributed by atoms with Crippen LogP contribution in [0.4, 0.5) is 0 Å². The summed E-state index contributed by atoms with van der Waals surface area (Å²) in [5, 5.41) is 11.5. The summed E-state index contributed by atoms with van der Waals surface area (Å²) < 4.78 is 1.94. The number of carbonyl (C=O) groups excluding carboxylic acids is 1. The van der Waals surface area contributed by atoms with E-state index in [2.05, 4.69) is 29.2 Å². The van der Waals surface area contributed by atoms with E-state index in [4.69, 9.17) is 0 Å². The molecule has 3 heterocycles. The van der Waals surface area contributed by atoms with Gasteiger partial charge in [0, 0.05) is 17.7 Å². The first-order valence-electron chi connectivity index (χ1n) is 8.22. The Morgan fingerprint density at radius 1 is 1.21 bits per heavy atom. The van der Waals surface area contributed by atoms with Gasteiger partial charge < -0.3 is 14.8 Å². The van der Waals surface area contributed by atoms with E-state index in [1.165, 1.54) is 16.0 Å². The molecule has 1 aliphatic rings. The van der Waals surface area contributed by atoms with Gasteiger partial charge in [-0.15, -0.1) is 0 Å². The standard InChI is InChI=1S/C19H19N3O2/c1-13-5-4-8-17-20-18(19(23)24)16(22(13)17)12-21-10-9-14-6-2-3-7-15(14)11-21/h2-8H,9-12H2,1H3,(H,23,24). The number of hydrogen-bond acceptors (Lipinski definition) is 3. The van der Waals surface area contributed by atoms with E-state index in [9.17, 15) is 9.90 Å². The molecule has 122 valence electrons. The van der Waals surface area contributed by atoms with Gasteiger partial charge >= 0.3 is 0 Å². The van der Waals surface area contributed by atoms with Gasteiger partial charge in [-0.05, 0) is 24.6 Å². The van der Waals surface area contributed by atoms with Crippen molar-refractivity contribution in [1.82, 2.24) is 9.38 Å². The van der Waals surface area contributed by atoms with Crippen LogP contribution >= 0.6 is 0 Å². The predicted molar refractivity (Wildman–Crippen MR) is 87.6 cm³/mol. The number of imidazole rings is 1. The highest BCUT2D eigenvalue weighted by molar-refractivity contribution is 5.86. The van der Waals surface area contributed by atoms with Crippen LogP contribution in [0.5, 0.6) is 0 Å². The first kappa shape index (κ1) is 14.9. The third-order valence-electron chi connectivity index (χ3n) is 4.85. The molecule has 0 amide bonds. The van der Waals surface area contributed by atoms with E-state index in [0.717, 1.165) is 30.9 Å². The Bertz CT molecular complexity index is 930. The van der Waals surface area contributed by atoms with Crippen LogP contribution in [-0.2, 0) is 19.5 Å². The first-order valence-corrected chi connectivity index (χ1v) is 8.22. The molecule has 5 heteroatoms. The van der Waals surface area contributed by atoms with Crippen LogP contribution in [0.3, 0.4) is 0 Å². The van der Waals surface area contributed by atoms with E-state index >= 15 is 0 Å². The minimum Gasteiger partial charge on any atom is -0.543 e. The van der Waals surface area contributed by atoms with Crippen molar-refractivity contribution < 1.29 is 14.8 Å². The highest BCUT2D eigenvalue weighted by Gasteiger charge is 2.23. The predicted octanol–water partition coefficient (Wildman–Crippen LogP) is 0.147. The van der Waals surface area contributed by atoms with Crippen LogP contribution in [0.2, 0.25) is 0 Å². The smallest absolute Gasteiger partial charge is 0.138 e. The summed E-state index contributed by atoms with van der Waals surface area (Å²) in [5.41, 5.74) is 5.20. The molecule has 0 fully saturated rings. The zero-order chi connectivity index (χ0) is 16.7. The second-order valence-electron chi connectivity index (χ2n) is 6.43. The zero-order valence-electron chi connectivity index (χ0n) is 13.6. The lowest BCUT2D eigenvalue weighted by atomic mass is 10.00. The molecule has 5 nitrogen and oxygen atoms in total. The lowest BCUT2D eigenvalue weighted by Crippen LogP contribution is -3.10. The second-order valence-corrected chi connectivity index (χ2v) is 6.43. The number of aromatic nitrogens is 2. The minimum absolute atomic E-state index is 0.0654. The van der Waals surface area contributed by atoms with Gasteiger partial charge in [-0.1, -0.05) is 30.3 Å². The van der Waals surface area contributed by atoms with Gasteiger partial charge in [0.15, 0.2) is 0 Å². The molecular weight excluding hydrogens is 302 g/mol. The van der Waals surface area contributed by atoms with Gasteiger partial charge in [0.1, 0.15) is 30.1 Å². The molecule has 0 radical (unpaired) electrons. The molecule has 0 bridgehead atoms. The van der Waals surface area contributed by atoms with Crippen LogP contribution in [0.15, 0.2) is 42.5 Å². The van der Waals surface area contributed by atoms with Crippen molar-refractivity contribution in [3.8, 4) is 0 Å². The fourth-order valence-electron chi connectivity index (χ4n) is 3.68. The summed E-state index contributed by atoms with van der Waals surface area (Å²) in [6, 6.07) is 14.2. The number of nitrogens with zero attached hydrogens (tertiary/aromatic N) is 2. The molecule has 0 aliphatic carbocycles. The van der Waals surface area contributed by atoms with Gasteiger partial charge in [0.2, 0.25) is 0 Å². The first-order chi connectivity index (χ1) is 11.6. The fourth-order valence-corrected chi connectivity index (χ4v) is 3.68. The van der Waals surface area contributed by atoms with E-state index in [1.807, 2.05) is 29.5 Å².